The number of carbonyl (C=O) groups is 1. The Hall–Kier alpha value is -2.58. The van der Waals surface area contributed by atoms with E-state index < -0.39 is 10.0 Å². The van der Waals surface area contributed by atoms with Gasteiger partial charge >= 0.3 is 0 Å². The van der Waals surface area contributed by atoms with Gasteiger partial charge in [0.25, 0.3) is 0 Å². The van der Waals surface area contributed by atoms with Crippen molar-refractivity contribution in [3.8, 4) is 11.5 Å². The lowest BCUT2D eigenvalue weighted by atomic mass is 10.1. The van der Waals surface area contributed by atoms with Crippen LogP contribution in [0.5, 0.6) is 11.5 Å². The lowest BCUT2D eigenvalue weighted by molar-refractivity contribution is -0.121. The average molecular weight is 392 g/mol. The molecule has 0 atom stereocenters. The van der Waals surface area contributed by atoms with Crippen LogP contribution in [0.1, 0.15) is 11.1 Å². The molecule has 2 aromatic carbocycles. The van der Waals surface area contributed by atoms with Gasteiger partial charge in [-0.25, -0.2) is 8.42 Å². The van der Waals surface area contributed by atoms with E-state index in [1.165, 1.54) is 39.5 Å². The van der Waals surface area contributed by atoms with Crippen LogP contribution in [0.25, 0.3) is 0 Å². The zero-order valence-corrected chi connectivity index (χ0v) is 16.7. The minimum absolute atomic E-state index is 0.0225. The van der Waals surface area contributed by atoms with E-state index in [9.17, 15) is 13.2 Å². The van der Waals surface area contributed by atoms with Crippen molar-refractivity contribution in [2.45, 2.75) is 18.4 Å². The summed E-state index contributed by atoms with van der Waals surface area (Å²) in [5.41, 5.74) is 2.04. The Balaban J connectivity index is 2.06. The largest absolute Gasteiger partial charge is 0.493 e. The van der Waals surface area contributed by atoms with Crippen LogP contribution in [0.15, 0.2) is 47.4 Å². The first-order valence-corrected chi connectivity index (χ1v) is 9.73. The van der Waals surface area contributed by atoms with Crippen LogP contribution >= 0.6 is 0 Å². The van der Waals surface area contributed by atoms with Crippen molar-refractivity contribution in [1.82, 2.24) is 9.62 Å². The molecule has 1 N–H and O–H groups in total. The van der Waals surface area contributed by atoms with Crippen LogP contribution < -0.4 is 14.8 Å². The number of likely N-dealkylation sites (N-methyl/N-ethyl adjacent to an activating group) is 1. The van der Waals surface area contributed by atoms with Crippen molar-refractivity contribution < 1.29 is 22.7 Å². The summed E-state index contributed by atoms with van der Waals surface area (Å²) in [6, 6.07) is 12.0. The molecule has 0 aliphatic rings. The number of hydrogen-bond acceptors (Lipinski definition) is 5. The predicted octanol–water partition coefficient (Wildman–Crippen LogP) is 1.95. The molecule has 0 heterocycles. The monoisotopic (exact) mass is 392 g/mol. The van der Waals surface area contributed by atoms with E-state index in [1.54, 1.807) is 0 Å². The number of methoxy groups -OCH3 is 2. The quantitative estimate of drug-likeness (QED) is 0.742. The molecule has 0 aliphatic carbocycles. The van der Waals surface area contributed by atoms with Gasteiger partial charge in [0.05, 0.1) is 25.7 Å². The molecule has 0 unspecified atom stereocenters. The third kappa shape index (κ3) is 4.99. The summed E-state index contributed by atoms with van der Waals surface area (Å²) in [6.45, 7) is 2.01. The van der Waals surface area contributed by atoms with Gasteiger partial charge in [-0.3, -0.25) is 4.79 Å². The minimum atomic E-state index is -3.85. The van der Waals surface area contributed by atoms with Gasteiger partial charge in [-0.2, -0.15) is 4.31 Å². The summed E-state index contributed by atoms with van der Waals surface area (Å²) in [6.07, 6.45) is 0. The number of rotatable bonds is 8. The molecular weight excluding hydrogens is 368 g/mol. The fraction of sp³-hybridized carbons (Fsp3) is 0.316. The molecule has 146 valence electrons. The Morgan fingerprint density at radius 1 is 1.07 bits per heavy atom. The van der Waals surface area contributed by atoms with Crippen LogP contribution in [0.3, 0.4) is 0 Å². The number of aryl methyl sites for hydroxylation is 1. The number of nitrogens with one attached hydrogen (secondary N) is 1. The Bertz CT molecular complexity index is 912. The normalized spacial score (nSPS) is 11.3. The number of sulfonamides is 1. The third-order valence-electron chi connectivity index (χ3n) is 4.17. The lowest BCUT2D eigenvalue weighted by Gasteiger charge is -2.18. The molecule has 0 bridgehead atoms. The van der Waals surface area contributed by atoms with Gasteiger partial charge in [-0.05, 0) is 30.2 Å². The Morgan fingerprint density at radius 3 is 2.37 bits per heavy atom. The van der Waals surface area contributed by atoms with Crippen LogP contribution in [-0.2, 0) is 21.4 Å². The highest BCUT2D eigenvalue weighted by Crippen LogP contribution is 2.30. The second kappa shape index (κ2) is 8.88. The molecule has 27 heavy (non-hydrogen) atoms. The van der Waals surface area contributed by atoms with Gasteiger partial charge in [0.1, 0.15) is 0 Å². The number of hydrogen-bond donors (Lipinski definition) is 1. The van der Waals surface area contributed by atoms with Gasteiger partial charge < -0.3 is 14.8 Å². The van der Waals surface area contributed by atoms with Gasteiger partial charge in [-0.1, -0.05) is 24.3 Å². The summed E-state index contributed by atoms with van der Waals surface area (Å²) >= 11 is 0. The molecule has 2 rings (SSSR count). The average Bonchev–Trinajstić information content (AvgIpc) is 2.66. The van der Waals surface area contributed by atoms with Crippen molar-refractivity contribution >= 4 is 15.9 Å². The summed E-state index contributed by atoms with van der Waals surface area (Å²) < 4.78 is 36.7. The fourth-order valence-corrected chi connectivity index (χ4v) is 3.65. The van der Waals surface area contributed by atoms with Crippen LogP contribution in [-0.4, -0.2) is 46.4 Å². The second-order valence-corrected chi connectivity index (χ2v) is 8.03. The van der Waals surface area contributed by atoms with Crippen molar-refractivity contribution in [3.05, 3.63) is 53.6 Å². The van der Waals surface area contributed by atoms with E-state index in [2.05, 4.69) is 5.32 Å². The first-order chi connectivity index (χ1) is 12.8. The molecule has 0 saturated carbocycles. The van der Waals surface area contributed by atoms with Gasteiger partial charge in [0.2, 0.25) is 15.9 Å². The molecule has 7 nitrogen and oxygen atoms in total. The van der Waals surface area contributed by atoms with Crippen molar-refractivity contribution in [2.24, 2.45) is 0 Å². The molecule has 0 aromatic heterocycles. The minimum Gasteiger partial charge on any atom is -0.493 e. The van der Waals surface area contributed by atoms with E-state index in [-0.39, 0.29) is 17.3 Å². The number of carbonyl (C=O) groups excluding carboxylic acids is 1. The highest BCUT2D eigenvalue weighted by molar-refractivity contribution is 7.89. The highest BCUT2D eigenvalue weighted by Gasteiger charge is 2.24. The summed E-state index contributed by atoms with van der Waals surface area (Å²) in [5, 5.41) is 2.75. The summed E-state index contributed by atoms with van der Waals surface area (Å²) in [4.78, 5) is 12.2. The molecule has 0 aliphatic heterocycles. The molecule has 0 radical (unpaired) electrons. The van der Waals surface area contributed by atoms with E-state index >= 15 is 0 Å². The number of amides is 1. The van der Waals surface area contributed by atoms with Crippen molar-refractivity contribution in [1.29, 1.82) is 0 Å². The van der Waals surface area contributed by atoms with E-state index in [0.717, 1.165) is 15.4 Å². The Labute approximate surface area is 160 Å². The first-order valence-electron chi connectivity index (χ1n) is 8.29. The van der Waals surface area contributed by atoms with E-state index in [0.29, 0.717) is 18.0 Å². The first kappa shape index (κ1) is 20.7. The smallest absolute Gasteiger partial charge is 0.243 e. The topological polar surface area (TPSA) is 84.9 Å². The van der Waals surface area contributed by atoms with Crippen LogP contribution in [0.2, 0.25) is 0 Å². The Morgan fingerprint density at radius 2 is 1.74 bits per heavy atom. The SMILES string of the molecule is COc1ccc(S(=O)(=O)N(C)CC(=O)NCc2ccccc2C)cc1OC. The molecule has 2 aromatic rings. The molecule has 0 spiro atoms. The van der Waals surface area contributed by atoms with Crippen LogP contribution in [0, 0.1) is 6.92 Å². The highest BCUT2D eigenvalue weighted by atomic mass is 32.2. The van der Waals surface area contributed by atoms with Crippen molar-refractivity contribution in [3.63, 3.8) is 0 Å². The number of ether oxygens (including phenoxy) is 2. The van der Waals surface area contributed by atoms with E-state index in [4.69, 9.17) is 9.47 Å². The van der Waals surface area contributed by atoms with Crippen LogP contribution in [0.4, 0.5) is 0 Å². The lowest BCUT2D eigenvalue weighted by Crippen LogP contribution is -2.38. The maximum Gasteiger partial charge on any atom is 0.243 e. The zero-order valence-electron chi connectivity index (χ0n) is 15.9. The summed E-state index contributed by atoms with van der Waals surface area (Å²) in [7, 11) is 0.411. The molecular formula is C19H24N2O5S. The predicted molar refractivity (Wildman–Crippen MR) is 102 cm³/mol. The van der Waals surface area contributed by atoms with Gasteiger partial charge in [-0.15, -0.1) is 0 Å². The zero-order chi connectivity index (χ0) is 20.0. The van der Waals surface area contributed by atoms with E-state index in [1.807, 2.05) is 31.2 Å². The molecule has 1 amide bonds. The number of benzene rings is 2. The molecule has 8 heteroatoms. The standard InChI is InChI=1S/C19H24N2O5S/c1-14-7-5-6-8-15(14)12-20-19(22)13-21(2)27(23,24)16-9-10-17(25-3)18(11-16)26-4/h5-11H,12-13H2,1-4H3,(H,20,22). The Kier molecular flexibility index (Phi) is 6.81. The van der Waals surface area contributed by atoms with Crippen molar-refractivity contribution in [2.75, 3.05) is 27.8 Å². The maximum absolute atomic E-state index is 12.7. The van der Waals surface area contributed by atoms with Gasteiger partial charge in [0, 0.05) is 19.7 Å². The maximum atomic E-state index is 12.7. The van der Waals surface area contributed by atoms with Gasteiger partial charge in [0.15, 0.2) is 11.5 Å². The molecule has 0 fully saturated rings. The fourth-order valence-electron chi connectivity index (χ4n) is 2.50. The molecule has 0 saturated heterocycles. The number of nitrogens with zero attached hydrogens (tertiary/aromatic N) is 1. The summed E-state index contributed by atoms with van der Waals surface area (Å²) in [5.74, 6) is 0.343. The second-order valence-electron chi connectivity index (χ2n) is 5.98. The third-order valence-corrected chi connectivity index (χ3v) is 5.97.